The van der Waals surface area contributed by atoms with Crippen LogP contribution in [0.4, 0.5) is 0 Å². The molecule has 2 saturated heterocycles. The van der Waals surface area contributed by atoms with E-state index < -0.39 is 0 Å². The van der Waals surface area contributed by atoms with Gasteiger partial charge in [0.1, 0.15) is 0 Å². The number of rotatable bonds is 4. The Kier molecular flexibility index (Phi) is 3.85. The number of piperidine rings is 1. The van der Waals surface area contributed by atoms with Crippen LogP contribution < -0.4 is 5.32 Å². The van der Waals surface area contributed by atoms with E-state index in [9.17, 15) is 10.2 Å². The highest BCUT2D eigenvalue weighted by molar-refractivity contribution is 5.40. The molecule has 2 fully saturated rings. The van der Waals surface area contributed by atoms with Gasteiger partial charge < -0.3 is 15.5 Å². The SMILES string of the molecule is CCN(Cc1ccc(O)c(O)c1)C1CC2CCC(C1)N2. The number of phenolic OH excluding ortho intramolecular Hbond substituents is 2. The number of phenols is 2. The van der Waals surface area contributed by atoms with E-state index in [-0.39, 0.29) is 11.5 Å². The maximum absolute atomic E-state index is 9.61. The Morgan fingerprint density at radius 1 is 1.15 bits per heavy atom. The van der Waals surface area contributed by atoms with Crippen LogP contribution in [-0.2, 0) is 6.54 Å². The number of benzene rings is 1. The van der Waals surface area contributed by atoms with Crippen LogP contribution in [0, 0.1) is 0 Å². The highest BCUT2D eigenvalue weighted by atomic mass is 16.3. The Hall–Kier alpha value is -1.26. The van der Waals surface area contributed by atoms with E-state index in [0.717, 1.165) is 18.7 Å². The molecule has 3 N–H and O–H groups in total. The molecule has 0 aromatic heterocycles. The Morgan fingerprint density at radius 2 is 1.85 bits per heavy atom. The monoisotopic (exact) mass is 276 g/mol. The molecule has 0 amide bonds. The van der Waals surface area contributed by atoms with Crippen LogP contribution in [0.5, 0.6) is 11.5 Å². The summed E-state index contributed by atoms with van der Waals surface area (Å²) in [5.74, 6) is -0.0688. The van der Waals surface area contributed by atoms with Gasteiger partial charge in [0.15, 0.2) is 11.5 Å². The molecule has 4 nitrogen and oxygen atoms in total. The summed E-state index contributed by atoms with van der Waals surface area (Å²) in [4.78, 5) is 2.50. The third-order valence-electron chi connectivity index (χ3n) is 4.80. The predicted molar refractivity (Wildman–Crippen MR) is 78.8 cm³/mol. The van der Waals surface area contributed by atoms with Crippen molar-refractivity contribution in [3.8, 4) is 11.5 Å². The fourth-order valence-electron chi connectivity index (χ4n) is 3.73. The highest BCUT2D eigenvalue weighted by Crippen LogP contribution is 2.31. The molecule has 2 aliphatic heterocycles. The third kappa shape index (κ3) is 2.76. The molecule has 20 heavy (non-hydrogen) atoms. The molecule has 2 bridgehead atoms. The minimum atomic E-state index is -0.0447. The number of nitrogens with zero attached hydrogens (tertiary/aromatic N) is 1. The average Bonchev–Trinajstić information content (AvgIpc) is 2.78. The summed E-state index contributed by atoms with van der Waals surface area (Å²) in [6.45, 7) is 4.06. The van der Waals surface area contributed by atoms with Gasteiger partial charge in [-0.3, -0.25) is 4.90 Å². The quantitative estimate of drug-likeness (QED) is 0.738. The topological polar surface area (TPSA) is 55.7 Å². The smallest absolute Gasteiger partial charge is 0.157 e. The molecular formula is C16H24N2O2. The van der Waals surface area contributed by atoms with Crippen molar-refractivity contribution in [3.63, 3.8) is 0 Å². The molecular weight excluding hydrogens is 252 g/mol. The summed E-state index contributed by atoms with van der Waals surface area (Å²) < 4.78 is 0. The van der Waals surface area contributed by atoms with Crippen LogP contribution in [0.25, 0.3) is 0 Å². The summed E-state index contributed by atoms with van der Waals surface area (Å²) in [6.07, 6.45) is 5.10. The molecule has 0 aliphatic carbocycles. The first-order valence-corrected chi connectivity index (χ1v) is 7.66. The largest absolute Gasteiger partial charge is 0.504 e. The Balaban J connectivity index is 1.68. The van der Waals surface area contributed by atoms with Crippen LogP contribution in [0.15, 0.2) is 18.2 Å². The van der Waals surface area contributed by atoms with Gasteiger partial charge in [-0.2, -0.15) is 0 Å². The number of fused-ring (bicyclic) bond motifs is 2. The highest BCUT2D eigenvalue weighted by Gasteiger charge is 2.35. The summed E-state index contributed by atoms with van der Waals surface area (Å²) in [6, 6.07) is 7.17. The van der Waals surface area contributed by atoms with Crippen molar-refractivity contribution in [2.75, 3.05) is 6.54 Å². The van der Waals surface area contributed by atoms with Crippen LogP contribution in [-0.4, -0.2) is 39.8 Å². The molecule has 0 radical (unpaired) electrons. The maximum Gasteiger partial charge on any atom is 0.157 e. The molecule has 2 unspecified atom stereocenters. The number of hydrogen-bond acceptors (Lipinski definition) is 4. The lowest BCUT2D eigenvalue weighted by atomic mass is 9.97. The number of hydrogen-bond donors (Lipinski definition) is 3. The van der Waals surface area contributed by atoms with E-state index in [2.05, 4.69) is 17.1 Å². The van der Waals surface area contributed by atoms with Gasteiger partial charge in [-0.15, -0.1) is 0 Å². The van der Waals surface area contributed by atoms with Gasteiger partial charge in [0.05, 0.1) is 0 Å². The van der Waals surface area contributed by atoms with Crippen molar-refractivity contribution >= 4 is 0 Å². The van der Waals surface area contributed by atoms with E-state index in [1.54, 1.807) is 12.1 Å². The van der Waals surface area contributed by atoms with E-state index >= 15 is 0 Å². The van der Waals surface area contributed by atoms with E-state index in [0.29, 0.717) is 18.1 Å². The molecule has 0 saturated carbocycles. The van der Waals surface area contributed by atoms with Crippen molar-refractivity contribution in [1.82, 2.24) is 10.2 Å². The van der Waals surface area contributed by atoms with Gasteiger partial charge in [0.2, 0.25) is 0 Å². The summed E-state index contributed by atoms with van der Waals surface area (Å²) >= 11 is 0. The second kappa shape index (κ2) is 5.62. The van der Waals surface area contributed by atoms with Gasteiger partial charge >= 0.3 is 0 Å². The molecule has 1 aromatic carbocycles. The molecule has 4 heteroatoms. The zero-order valence-electron chi connectivity index (χ0n) is 12.0. The van der Waals surface area contributed by atoms with Gasteiger partial charge in [-0.05, 0) is 49.9 Å². The Bertz CT molecular complexity index is 466. The summed E-state index contributed by atoms with van der Waals surface area (Å²) in [5, 5.41) is 22.7. The van der Waals surface area contributed by atoms with Crippen LogP contribution in [0.3, 0.4) is 0 Å². The summed E-state index contributed by atoms with van der Waals surface area (Å²) in [7, 11) is 0. The van der Waals surface area contributed by atoms with Crippen LogP contribution in [0.2, 0.25) is 0 Å². The van der Waals surface area contributed by atoms with Gasteiger partial charge in [0.25, 0.3) is 0 Å². The Labute approximate surface area is 120 Å². The lowest BCUT2D eigenvalue weighted by molar-refractivity contribution is 0.140. The van der Waals surface area contributed by atoms with Gasteiger partial charge in [0, 0.05) is 24.7 Å². The minimum Gasteiger partial charge on any atom is -0.504 e. The second-order valence-electron chi connectivity index (χ2n) is 6.15. The fraction of sp³-hybridized carbons (Fsp3) is 0.625. The average molecular weight is 276 g/mol. The van der Waals surface area contributed by atoms with Crippen molar-refractivity contribution in [3.05, 3.63) is 23.8 Å². The van der Waals surface area contributed by atoms with Gasteiger partial charge in [-0.25, -0.2) is 0 Å². The van der Waals surface area contributed by atoms with Gasteiger partial charge in [-0.1, -0.05) is 13.0 Å². The molecule has 110 valence electrons. The zero-order valence-corrected chi connectivity index (χ0v) is 12.0. The normalized spacial score (nSPS) is 29.0. The molecule has 2 aliphatic rings. The molecule has 0 spiro atoms. The first kappa shape index (κ1) is 13.7. The molecule has 2 heterocycles. The minimum absolute atomic E-state index is 0.0241. The maximum atomic E-state index is 9.61. The summed E-state index contributed by atoms with van der Waals surface area (Å²) in [5.41, 5.74) is 1.06. The fourth-order valence-corrected chi connectivity index (χ4v) is 3.73. The van der Waals surface area contributed by atoms with Crippen LogP contribution >= 0.6 is 0 Å². The Morgan fingerprint density at radius 3 is 2.45 bits per heavy atom. The standard InChI is InChI=1S/C16H24N2O2/c1-2-18(10-11-3-6-15(19)16(20)7-11)14-8-12-4-5-13(9-14)17-12/h3,6-7,12-14,17,19-20H,2,4-5,8-10H2,1H3. The zero-order chi connectivity index (χ0) is 14.1. The van der Waals surface area contributed by atoms with Crippen molar-refractivity contribution in [2.24, 2.45) is 0 Å². The van der Waals surface area contributed by atoms with E-state index in [4.69, 9.17) is 0 Å². The molecule has 1 aromatic rings. The van der Waals surface area contributed by atoms with E-state index in [1.165, 1.54) is 25.7 Å². The number of nitrogens with one attached hydrogen (secondary N) is 1. The number of aromatic hydroxyl groups is 2. The van der Waals surface area contributed by atoms with Crippen molar-refractivity contribution in [2.45, 2.75) is 57.3 Å². The lowest BCUT2D eigenvalue weighted by Crippen LogP contribution is -2.47. The van der Waals surface area contributed by atoms with Crippen molar-refractivity contribution < 1.29 is 10.2 Å². The predicted octanol–water partition coefficient (Wildman–Crippen LogP) is 2.20. The molecule has 3 rings (SSSR count). The lowest BCUT2D eigenvalue weighted by Gasteiger charge is -2.37. The van der Waals surface area contributed by atoms with Crippen LogP contribution in [0.1, 0.15) is 38.2 Å². The van der Waals surface area contributed by atoms with Crippen molar-refractivity contribution in [1.29, 1.82) is 0 Å². The third-order valence-corrected chi connectivity index (χ3v) is 4.80. The van der Waals surface area contributed by atoms with E-state index in [1.807, 2.05) is 6.07 Å². The first-order valence-electron chi connectivity index (χ1n) is 7.66. The molecule has 2 atom stereocenters. The first-order chi connectivity index (χ1) is 9.65. The second-order valence-corrected chi connectivity index (χ2v) is 6.15.